The van der Waals surface area contributed by atoms with E-state index in [9.17, 15) is 0 Å². The Hall–Kier alpha value is -0.740. The number of nitrogens with zero attached hydrogens (tertiary/aromatic N) is 3. The van der Waals surface area contributed by atoms with Crippen molar-refractivity contribution in [3.05, 3.63) is 24.2 Å². The van der Waals surface area contributed by atoms with E-state index in [0.29, 0.717) is 6.04 Å². The summed E-state index contributed by atoms with van der Waals surface area (Å²) in [7, 11) is 0. The summed E-state index contributed by atoms with van der Waals surface area (Å²) in [6.07, 6.45) is 9.05. The lowest BCUT2D eigenvalue weighted by Gasteiger charge is -2.30. The smallest absolute Gasteiger partial charge is 0.160 e. The molecule has 3 rings (SSSR count). The molecule has 3 unspecified atom stereocenters. The van der Waals surface area contributed by atoms with Gasteiger partial charge in [-0.25, -0.2) is 9.97 Å². The first kappa shape index (κ1) is 14.2. The van der Waals surface area contributed by atoms with E-state index >= 15 is 0 Å². The molecular weight excluding hydrogens is 290 g/mol. The first-order chi connectivity index (χ1) is 9.70. The average Bonchev–Trinajstić information content (AvgIpc) is 2.87. The number of fused-ring (bicyclic) bond motifs is 1. The molecule has 1 aliphatic carbocycles. The van der Waals surface area contributed by atoms with E-state index in [-0.39, 0.29) is 5.38 Å². The summed E-state index contributed by atoms with van der Waals surface area (Å²) in [5.41, 5.74) is 1.95. The molecule has 0 radical (unpaired) electrons. The standard InChI is InChI=1S/C15H20ClN3S/c1-10(16)14-18-13-7-4-8-17-15(13)19(14)11-5-3-6-12(9-11)20-2/h4,7-8,10-12H,3,5-6,9H2,1-2H3. The topological polar surface area (TPSA) is 30.7 Å². The van der Waals surface area contributed by atoms with Crippen molar-refractivity contribution in [1.82, 2.24) is 14.5 Å². The SMILES string of the molecule is CSC1CCCC(n2c(C(C)Cl)nc3cccnc32)C1. The van der Waals surface area contributed by atoms with Gasteiger partial charge in [-0.1, -0.05) is 6.42 Å². The number of aromatic nitrogens is 3. The van der Waals surface area contributed by atoms with Gasteiger partial charge in [-0.05, 0) is 44.6 Å². The zero-order chi connectivity index (χ0) is 14.1. The van der Waals surface area contributed by atoms with Crippen LogP contribution in [0, 0.1) is 0 Å². The van der Waals surface area contributed by atoms with Crippen LogP contribution >= 0.6 is 23.4 Å². The predicted molar refractivity (Wildman–Crippen MR) is 86.6 cm³/mol. The van der Waals surface area contributed by atoms with Crippen molar-refractivity contribution in [2.45, 2.75) is 49.3 Å². The summed E-state index contributed by atoms with van der Waals surface area (Å²) in [6, 6.07) is 4.45. The summed E-state index contributed by atoms with van der Waals surface area (Å²) in [6.45, 7) is 1.99. The van der Waals surface area contributed by atoms with Crippen molar-refractivity contribution < 1.29 is 0 Å². The van der Waals surface area contributed by atoms with Gasteiger partial charge in [-0.15, -0.1) is 11.6 Å². The highest BCUT2D eigenvalue weighted by Crippen LogP contribution is 2.38. The lowest BCUT2D eigenvalue weighted by molar-refractivity contribution is 0.358. The summed E-state index contributed by atoms with van der Waals surface area (Å²) in [5.74, 6) is 0.965. The summed E-state index contributed by atoms with van der Waals surface area (Å²) in [4.78, 5) is 9.25. The van der Waals surface area contributed by atoms with E-state index < -0.39 is 0 Å². The van der Waals surface area contributed by atoms with E-state index in [0.717, 1.165) is 22.2 Å². The van der Waals surface area contributed by atoms with E-state index in [4.69, 9.17) is 16.6 Å². The Morgan fingerprint density at radius 2 is 2.30 bits per heavy atom. The van der Waals surface area contributed by atoms with Crippen LogP contribution in [0.15, 0.2) is 18.3 Å². The van der Waals surface area contributed by atoms with Crippen molar-refractivity contribution in [3.8, 4) is 0 Å². The van der Waals surface area contributed by atoms with E-state index in [1.807, 2.05) is 37.0 Å². The van der Waals surface area contributed by atoms with Crippen molar-refractivity contribution in [2.75, 3.05) is 6.26 Å². The van der Waals surface area contributed by atoms with Crippen LogP contribution in [0.2, 0.25) is 0 Å². The fraction of sp³-hybridized carbons (Fsp3) is 0.600. The summed E-state index contributed by atoms with van der Waals surface area (Å²) < 4.78 is 2.30. The van der Waals surface area contributed by atoms with Crippen molar-refractivity contribution in [3.63, 3.8) is 0 Å². The number of alkyl halides is 1. The zero-order valence-corrected chi connectivity index (χ0v) is 13.5. The summed E-state index contributed by atoms with van der Waals surface area (Å²) >= 11 is 8.33. The fourth-order valence-corrected chi connectivity index (χ4v) is 4.13. The molecule has 3 atom stereocenters. The van der Waals surface area contributed by atoms with Crippen molar-refractivity contribution >= 4 is 34.5 Å². The molecule has 108 valence electrons. The van der Waals surface area contributed by atoms with Gasteiger partial charge in [0.25, 0.3) is 0 Å². The molecule has 2 heterocycles. The van der Waals surface area contributed by atoms with Gasteiger partial charge >= 0.3 is 0 Å². The highest BCUT2D eigenvalue weighted by Gasteiger charge is 2.27. The molecule has 1 aliphatic rings. The molecule has 2 aromatic heterocycles. The normalized spacial score (nSPS) is 24.9. The van der Waals surface area contributed by atoms with Gasteiger partial charge in [0.1, 0.15) is 11.3 Å². The number of halogens is 1. The minimum atomic E-state index is -0.0844. The minimum Gasteiger partial charge on any atom is -0.308 e. The lowest BCUT2D eigenvalue weighted by atomic mass is 9.94. The monoisotopic (exact) mass is 309 g/mol. The van der Waals surface area contributed by atoms with E-state index in [1.165, 1.54) is 25.7 Å². The molecule has 0 spiro atoms. The molecular formula is C15H20ClN3S. The van der Waals surface area contributed by atoms with E-state index in [1.54, 1.807) is 0 Å². The second-order valence-corrected chi connectivity index (χ2v) is 7.27. The molecule has 1 saturated carbocycles. The number of hydrogen-bond acceptors (Lipinski definition) is 3. The zero-order valence-electron chi connectivity index (χ0n) is 11.9. The fourth-order valence-electron chi connectivity index (χ4n) is 3.16. The molecule has 0 N–H and O–H groups in total. The molecule has 0 aliphatic heterocycles. The van der Waals surface area contributed by atoms with Gasteiger partial charge in [-0.2, -0.15) is 11.8 Å². The van der Waals surface area contributed by atoms with Crippen LogP contribution in [0.3, 0.4) is 0 Å². The van der Waals surface area contributed by atoms with Crippen LogP contribution in [0.5, 0.6) is 0 Å². The van der Waals surface area contributed by atoms with E-state index in [2.05, 4.69) is 15.8 Å². The minimum absolute atomic E-state index is 0.0844. The number of rotatable bonds is 3. The number of hydrogen-bond donors (Lipinski definition) is 0. The van der Waals surface area contributed by atoms with Crippen molar-refractivity contribution in [2.24, 2.45) is 0 Å². The number of pyridine rings is 1. The Kier molecular flexibility index (Phi) is 4.22. The number of imidazole rings is 1. The first-order valence-corrected chi connectivity index (χ1v) is 8.93. The molecule has 3 nitrogen and oxygen atoms in total. The first-order valence-electron chi connectivity index (χ1n) is 7.20. The maximum absolute atomic E-state index is 6.35. The van der Waals surface area contributed by atoms with Crippen LogP contribution in [-0.2, 0) is 0 Å². The third-order valence-corrected chi connectivity index (χ3v) is 5.42. The maximum atomic E-state index is 6.35. The van der Waals surface area contributed by atoms with Crippen LogP contribution in [-0.4, -0.2) is 26.0 Å². The van der Waals surface area contributed by atoms with Gasteiger partial charge in [0.2, 0.25) is 0 Å². The third-order valence-electron chi connectivity index (χ3n) is 4.13. The Balaban J connectivity index is 2.06. The van der Waals surface area contributed by atoms with Crippen LogP contribution < -0.4 is 0 Å². The van der Waals surface area contributed by atoms with Crippen molar-refractivity contribution in [1.29, 1.82) is 0 Å². The van der Waals surface area contributed by atoms with Crippen LogP contribution in [0.25, 0.3) is 11.2 Å². The van der Waals surface area contributed by atoms with Gasteiger partial charge in [0, 0.05) is 17.5 Å². The number of thioether (sulfide) groups is 1. The second-order valence-electron chi connectivity index (χ2n) is 5.48. The van der Waals surface area contributed by atoms with Crippen LogP contribution in [0.1, 0.15) is 49.9 Å². The molecule has 1 fully saturated rings. The van der Waals surface area contributed by atoms with Gasteiger partial charge in [-0.3, -0.25) is 0 Å². The third kappa shape index (κ3) is 2.56. The Labute approximate surface area is 129 Å². The van der Waals surface area contributed by atoms with Gasteiger partial charge < -0.3 is 4.57 Å². The maximum Gasteiger partial charge on any atom is 0.160 e. The average molecular weight is 310 g/mol. The molecule has 0 bridgehead atoms. The predicted octanol–water partition coefficient (Wildman–Crippen LogP) is 4.58. The molecule has 5 heteroatoms. The molecule has 20 heavy (non-hydrogen) atoms. The Morgan fingerprint density at radius 3 is 3.05 bits per heavy atom. The highest BCUT2D eigenvalue weighted by atomic mass is 35.5. The lowest BCUT2D eigenvalue weighted by Crippen LogP contribution is -2.22. The Morgan fingerprint density at radius 1 is 1.45 bits per heavy atom. The molecule has 0 saturated heterocycles. The quantitative estimate of drug-likeness (QED) is 0.778. The van der Waals surface area contributed by atoms with Gasteiger partial charge in [0.15, 0.2) is 5.65 Å². The molecule has 0 amide bonds. The Bertz CT molecular complexity index is 596. The largest absolute Gasteiger partial charge is 0.308 e. The second kappa shape index (κ2) is 5.94. The molecule has 2 aromatic rings. The van der Waals surface area contributed by atoms with Gasteiger partial charge in [0.05, 0.1) is 5.38 Å². The summed E-state index contributed by atoms with van der Waals surface area (Å²) in [5, 5.41) is 0.659. The van der Waals surface area contributed by atoms with Crippen LogP contribution in [0.4, 0.5) is 0 Å². The highest BCUT2D eigenvalue weighted by molar-refractivity contribution is 7.99. The molecule has 0 aromatic carbocycles.